The summed E-state index contributed by atoms with van der Waals surface area (Å²) >= 11 is 7.83. The number of hydrogen-bond acceptors (Lipinski definition) is 6. The molecule has 2 aromatic carbocycles. The highest BCUT2D eigenvalue weighted by molar-refractivity contribution is 7.10. The van der Waals surface area contributed by atoms with Crippen molar-refractivity contribution in [2.45, 2.75) is 12.0 Å². The minimum absolute atomic E-state index is 0.125. The number of halogens is 1. The zero-order valence-electron chi connectivity index (χ0n) is 19.0. The van der Waals surface area contributed by atoms with Crippen molar-refractivity contribution in [3.05, 3.63) is 74.9 Å². The van der Waals surface area contributed by atoms with Crippen molar-refractivity contribution in [2.75, 3.05) is 39.8 Å². The minimum atomic E-state index is -0.657. The van der Waals surface area contributed by atoms with Crippen molar-refractivity contribution in [1.82, 2.24) is 4.90 Å². The van der Waals surface area contributed by atoms with Crippen LogP contribution in [0.3, 0.4) is 0 Å². The van der Waals surface area contributed by atoms with Gasteiger partial charge < -0.3 is 24.4 Å². The molecule has 0 saturated heterocycles. The van der Waals surface area contributed by atoms with Crippen LogP contribution in [0.5, 0.6) is 11.5 Å². The van der Waals surface area contributed by atoms with Crippen LogP contribution in [0.25, 0.3) is 0 Å². The quantitative estimate of drug-likeness (QED) is 0.472. The fourth-order valence-corrected chi connectivity index (χ4v) is 5.37. The SMILES string of the molecule is COCCN1C(=O)c2ccccc2[C@H](C(=O)Nc2cc(Cl)c(OC)cc2OC)[C@H]1c1cccs1. The van der Waals surface area contributed by atoms with Crippen LogP contribution in [0.2, 0.25) is 5.02 Å². The molecule has 0 saturated carbocycles. The van der Waals surface area contributed by atoms with Crippen LogP contribution < -0.4 is 14.8 Å². The molecule has 0 aliphatic carbocycles. The average Bonchev–Trinajstić information content (AvgIpc) is 3.38. The van der Waals surface area contributed by atoms with Crippen molar-refractivity contribution in [2.24, 2.45) is 0 Å². The van der Waals surface area contributed by atoms with Gasteiger partial charge in [0.15, 0.2) is 0 Å². The molecule has 2 atom stereocenters. The Kier molecular flexibility index (Phi) is 7.41. The van der Waals surface area contributed by atoms with Gasteiger partial charge in [0, 0.05) is 30.2 Å². The zero-order valence-corrected chi connectivity index (χ0v) is 20.6. The molecule has 2 heterocycles. The number of hydrogen-bond donors (Lipinski definition) is 1. The number of nitrogens with zero attached hydrogens (tertiary/aromatic N) is 1. The van der Waals surface area contributed by atoms with Crippen molar-refractivity contribution >= 4 is 40.4 Å². The monoisotopic (exact) mass is 500 g/mol. The van der Waals surface area contributed by atoms with E-state index in [2.05, 4.69) is 5.32 Å². The van der Waals surface area contributed by atoms with Gasteiger partial charge in [-0.25, -0.2) is 0 Å². The zero-order chi connectivity index (χ0) is 24.2. The van der Waals surface area contributed by atoms with Crippen molar-refractivity contribution in [1.29, 1.82) is 0 Å². The maximum absolute atomic E-state index is 13.9. The number of anilines is 1. The number of nitrogens with one attached hydrogen (secondary N) is 1. The van der Waals surface area contributed by atoms with Gasteiger partial charge in [-0.3, -0.25) is 9.59 Å². The number of rotatable bonds is 8. The Morgan fingerprint density at radius 2 is 1.85 bits per heavy atom. The smallest absolute Gasteiger partial charge is 0.254 e. The maximum Gasteiger partial charge on any atom is 0.254 e. The second kappa shape index (κ2) is 10.5. The second-order valence-electron chi connectivity index (χ2n) is 7.69. The maximum atomic E-state index is 13.9. The predicted molar refractivity (Wildman–Crippen MR) is 132 cm³/mol. The van der Waals surface area contributed by atoms with E-state index < -0.39 is 12.0 Å². The molecule has 0 radical (unpaired) electrons. The Hall–Kier alpha value is -3.07. The molecule has 2 amide bonds. The number of thiophene rings is 1. The third-order valence-corrected chi connectivity index (χ3v) is 7.06. The predicted octanol–water partition coefficient (Wildman–Crippen LogP) is 4.98. The molecule has 4 rings (SSSR count). The highest BCUT2D eigenvalue weighted by atomic mass is 35.5. The fourth-order valence-electron chi connectivity index (χ4n) is 4.25. The van der Waals surface area contributed by atoms with Crippen LogP contribution in [-0.2, 0) is 9.53 Å². The topological polar surface area (TPSA) is 77.1 Å². The summed E-state index contributed by atoms with van der Waals surface area (Å²) in [7, 11) is 4.61. The molecule has 0 unspecified atom stereocenters. The highest BCUT2D eigenvalue weighted by Crippen LogP contribution is 2.45. The second-order valence-corrected chi connectivity index (χ2v) is 9.08. The van der Waals surface area contributed by atoms with E-state index in [1.807, 2.05) is 29.6 Å². The van der Waals surface area contributed by atoms with E-state index in [4.69, 9.17) is 25.8 Å². The summed E-state index contributed by atoms with van der Waals surface area (Å²) in [4.78, 5) is 30.0. The summed E-state index contributed by atoms with van der Waals surface area (Å²) in [6.45, 7) is 0.708. The molecule has 1 aliphatic rings. The normalized spacial score (nSPS) is 17.3. The number of amides is 2. The third-order valence-electron chi connectivity index (χ3n) is 5.82. The largest absolute Gasteiger partial charge is 0.495 e. The first-order chi connectivity index (χ1) is 16.5. The molecule has 1 N–H and O–H groups in total. The first-order valence-electron chi connectivity index (χ1n) is 10.6. The molecule has 1 aliphatic heterocycles. The van der Waals surface area contributed by atoms with Gasteiger partial charge in [-0.1, -0.05) is 35.9 Å². The van der Waals surface area contributed by atoms with Gasteiger partial charge in [-0.15, -0.1) is 11.3 Å². The summed E-state index contributed by atoms with van der Waals surface area (Å²) in [5, 5.41) is 5.26. The Morgan fingerprint density at radius 3 is 2.53 bits per heavy atom. The van der Waals surface area contributed by atoms with Gasteiger partial charge in [-0.2, -0.15) is 0 Å². The Morgan fingerprint density at radius 1 is 1.09 bits per heavy atom. The molecule has 3 aromatic rings. The molecule has 1 aromatic heterocycles. The summed E-state index contributed by atoms with van der Waals surface area (Å²) < 4.78 is 16.0. The van der Waals surface area contributed by atoms with Crippen LogP contribution in [0.15, 0.2) is 53.9 Å². The molecule has 34 heavy (non-hydrogen) atoms. The van der Waals surface area contributed by atoms with Crippen LogP contribution >= 0.6 is 22.9 Å². The first kappa shape index (κ1) is 24.1. The molecule has 178 valence electrons. The average molecular weight is 501 g/mol. The number of carbonyl (C=O) groups excluding carboxylic acids is 2. The third kappa shape index (κ3) is 4.49. The van der Waals surface area contributed by atoms with Gasteiger partial charge in [0.05, 0.1) is 43.5 Å². The van der Waals surface area contributed by atoms with Gasteiger partial charge >= 0.3 is 0 Å². The van der Waals surface area contributed by atoms with Crippen molar-refractivity contribution < 1.29 is 23.8 Å². The van der Waals surface area contributed by atoms with E-state index >= 15 is 0 Å². The molecular weight excluding hydrogens is 476 g/mol. The lowest BCUT2D eigenvalue weighted by atomic mass is 9.81. The van der Waals surface area contributed by atoms with Crippen LogP contribution in [-0.4, -0.2) is 51.2 Å². The molecule has 0 fully saturated rings. The minimum Gasteiger partial charge on any atom is -0.495 e. The van der Waals surface area contributed by atoms with Crippen LogP contribution in [0, 0.1) is 0 Å². The molecule has 0 bridgehead atoms. The summed E-state index contributed by atoms with van der Waals surface area (Å²) in [5.74, 6) is -0.207. The number of ether oxygens (including phenoxy) is 3. The summed E-state index contributed by atoms with van der Waals surface area (Å²) in [6, 6.07) is 13.8. The van der Waals surface area contributed by atoms with Gasteiger partial charge in [-0.05, 0) is 29.1 Å². The molecular formula is C25H25ClN2O5S. The number of fused-ring (bicyclic) bond motifs is 1. The fraction of sp³-hybridized carbons (Fsp3) is 0.280. The van der Waals surface area contributed by atoms with E-state index in [9.17, 15) is 9.59 Å². The van der Waals surface area contributed by atoms with Gasteiger partial charge in [0.25, 0.3) is 5.91 Å². The molecule has 0 spiro atoms. The number of benzene rings is 2. The van der Waals surface area contributed by atoms with Crippen LogP contribution in [0.4, 0.5) is 5.69 Å². The van der Waals surface area contributed by atoms with E-state index in [1.54, 1.807) is 36.3 Å². The van der Waals surface area contributed by atoms with E-state index in [-0.39, 0.29) is 11.8 Å². The lowest BCUT2D eigenvalue weighted by Gasteiger charge is -2.41. The van der Waals surface area contributed by atoms with E-state index in [1.165, 1.54) is 25.6 Å². The Balaban J connectivity index is 1.80. The van der Waals surface area contributed by atoms with E-state index in [0.29, 0.717) is 46.5 Å². The van der Waals surface area contributed by atoms with Gasteiger partial charge in [0.2, 0.25) is 5.91 Å². The Labute approximate surface area is 207 Å². The summed E-state index contributed by atoms with van der Waals surface area (Å²) in [5.41, 5.74) is 1.60. The van der Waals surface area contributed by atoms with E-state index in [0.717, 1.165) is 4.88 Å². The van der Waals surface area contributed by atoms with Crippen molar-refractivity contribution in [3.8, 4) is 11.5 Å². The number of methoxy groups -OCH3 is 3. The molecule has 9 heteroatoms. The standard InChI is InChI=1S/C25H25ClN2O5S/c1-31-11-10-28-23(21-9-6-12-34-21)22(15-7-4-5-8-16(15)25(28)30)24(29)27-18-13-17(26)19(32-2)14-20(18)33-3/h4-9,12-14,22-23H,10-11H2,1-3H3,(H,27,29)/t22-,23+/m0/s1. The van der Waals surface area contributed by atoms with Crippen LogP contribution in [0.1, 0.15) is 32.8 Å². The lowest BCUT2D eigenvalue weighted by molar-refractivity contribution is -0.119. The first-order valence-corrected chi connectivity index (χ1v) is 11.9. The highest BCUT2D eigenvalue weighted by Gasteiger charge is 2.44. The van der Waals surface area contributed by atoms with Crippen molar-refractivity contribution in [3.63, 3.8) is 0 Å². The van der Waals surface area contributed by atoms with Gasteiger partial charge in [0.1, 0.15) is 11.5 Å². The molecule has 7 nitrogen and oxygen atoms in total. The number of carbonyl (C=O) groups is 2. The lowest BCUT2D eigenvalue weighted by Crippen LogP contribution is -2.47. The Bertz CT molecular complexity index is 1180. The summed E-state index contributed by atoms with van der Waals surface area (Å²) in [6.07, 6.45) is 0.